The molecule has 0 aliphatic heterocycles. The molecular weight excluding hydrogens is 631 g/mol. The number of carbonyl (C=O) groups excluding carboxylic acids is 1. The molecule has 0 aromatic carbocycles. The lowest BCUT2D eigenvalue weighted by atomic mass is 10.0. The lowest BCUT2D eigenvalue weighted by molar-refractivity contribution is -0.124. The van der Waals surface area contributed by atoms with E-state index in [0.717, 1.165) is 57.8 Å². The summed E-state index contributed by atoms with van der Waals surface area (Å²) in [5.74, 6) is -0.168. The fourth-order valence-electron chi connectivity index (χ4n) is 6.44. The van der Waals surface area contributed by atoms with E-state index in [4.69, 9.17) is 0 Å². The SMILES string of the molecule is CCCCC/C=C\C/C=C\CCCCCCCCCC(=O)NC(CO)C(O)C(O)CCC/C=C/CC/C=C/CCCCCCCCCCCCC. The Labute approximate surface area is 316 Å². The lowest BCUT2D eigenvalue weighted by Gasteiger charge is -2.26. The van der Waals surface area contributed by atoms with Gasteiger partial charge in [-0.1, -0.05) is 172 Å². The second-order valence-electron chi connectivity index (χ2n) is 14.9. The Kier molecular flexibility index (Phi) is 39.7. The standard InChI is InChI=1S/C46H85NO4/c1-3-5-7-9-11-13-15-17-19-21-22-23-25-26-28-30-32-34-36-38-40-44(49)46(51)43(42-48)47-45(50)41-39-37-35-33-31-29-27-24-20-18-16-14-12-10-8-6-4-2/h12,14,18,20,25-26,32,34,43-44,46,48-49,51H,3-11,13,15-17,19,21-24,27-31,33,35-42H2,1-2H3,(H,47,50)/b14-12-,20-18-,26-25+,34-32+. The van der Waals surface area contributed by atoms with Crippen molar-refractivity contribution < 1.29 is 20.1 Å². The normalized spacial score (nSPS) is 14.1. The van der Waals surface area contributed by atoms with Crippen LogP contribution in [0.4, 0.5) is 0 Å². The zero-order valence-electron chi connectivity index (χ0n) is 33.7. The number of hydrogen-bond donors (Lipinski definition) is 4. The van der Waals surface area contributed by atoms with E-state index in [1.807, 2.05) is 0 Å². The van der Waals surface area contributed by atoms with E-state index in [-0.39, 0.29) is 12.5 Å². The first-order chi connectivity index (χ1) is 25.1. The average Bonchev–Trinajstić information content (AvgIpc) is 3.13. The summed E-state index contributed by atoms with van der Waals surface area (Å²) in [5.41, 5.74) is 0. The molecule has 0 bridgehead atoms. The topological polar surface area (TPSA) is 89.8 Å². The van der Waals surface area contributed by atoms with Crippen molar-refractivity contribution in [3.63, 3.8) is 0 Å². The highest BCUT2D eigenvalue weighted by atomic mass is 16.3. The van der Waals surface area contributed by atoms with Gasteiger partial charge in [0.05, 0.1) is 18.8 Å². The molecule has 3 atom stereocenters. The molecule has 298 valence electrons. The van der Waals surface area contributed by atoms with Crippen molar-refractivity contribution >= 4 is 5.91 Å². The first kappa shape index (κ1) is 49.3. The molecule has 5 heteroatoms. The van der Waals surface area contributed by atoms with Gasteiger partial charge in [0, 0.05) is 6.42 Å². The van der Waals surface area contributed by atoms with E-state index in [1.54, 1.807) is 0 Å². The molecule has 5 nitrogen and oxygen atoms in total. The summed E-state index contributed by atoms with van der Waals surface area (Å²) in [6, 6.07) is -0.837. The van der Waals surface area contributed by atoms with Crippen LogP contribution in [-0.4, -0.2) is 46.1 Å². The summed E-state index contributed by atoms with van der Waals surface area (Å²) in [7, 11) is 0. The van der Waals surface area contributed by atoms with Crippen LogP contribution in [0, 0.1) is 0 Å². The van der Waals surface area contributed by atoms with Gasteiger partial charge < -0.3 is 20.6 Å². The molecular formula is C46H85NO4. The van der Waals surface area contributed by atoms with Crippen molar-refractivity contribution in [3.8, 4) is 0 Å². The number of hydrogen-bond acceptors (Lipinski definition) is 4. The van der Waals surface area contributed by atoms with Crippen LogP contribution in [-0.2, 0) is 4.79 Å². The summed E-state index contributed by atoms with van der Waals surface area (Å²) in [5, 5.41) is 33.5. The Morgan fingerprint density at radius 2 is 0.863 bits per heavy atom. The highest BCUT2D eigenvalue weighted by Crippen LogP contribution is 2.14. The smallest absolute Gasteiger partial charge is 0.220 e. The molecule has 0 saturated heterocycles. The maximum Gasteiger partial charge on any atom is 0.220 e. The fraction of sp³-hybridized carbons (Fsp3) is 0.804. The van der Waals surface area contributed by atoms with Gasteiger partial charge in [0.25, 0.3) is 0 Å². The molecule has 0 fully saturated rings. The monoisotopic (exact) mass is 716 g/mol. The number of amides is 1. The molecule has 0 aliphatic rings. The van der Waals surface area contributed by atoms with E-state index in [1.165, 1.54) is 128 Å². The second-order valence-corrected chi connectivity index (χ2v) is 14.9. The second kappa shape index (κ2) is 41.1. The van der Waals surface area contributed by atoms with E-state index in [9.17, 15) is 20.1 Å². The zero-order chi connectivity index (χ0) is 37.3. The van der Waals surface area contributed by atoms with Gasteiger partial charge in [0.2, 0.25) is 5.91 Å². The predicted octanol–water partition coefficient (Wildman–Crippen LogP) is 12.5. The van der Waals surface area contributed by atoms with Gasteiger partial charge in [-0.15, -0.1) is 0 Å². The van der Waals surface area contributed by atoms with Gasteiger partial charge in [-0.05, 0) is 83.5 Å². The van der Waals surface area contributed by atoms with Crippen molar-refractivity contribution in [1.29, 1.82) is 0 Å². The molecule has 0 aromatic heterocycles. The minimum Gasteiger partial charge on any atom is -0.394 e. The zero-order valence-corrected chi connectivity index (χ0v) is 33.7. The first-order valence-electron chi connectivity index (χ1n) is 21.9. The molecule has 1 amide bonds. The van der Waals surface area contributed by atoms with Crippen molar-refractivity contribution in [1.82, 2.24) is 5.32 Å². The maximum atomic E-state index is 12.4. The molecule has 0 saturated carbocycles. The minimum atomic E-state index is -1.17. The third-order valence-electron chi connectivity index (χ3n) is 9.88. The number of rotatable bonds is 39. The fourth-order valence-corrected chi connectivity index (χ4v) is 6.44. The summed E-state index contributed by atoms with van der Waals surface area (Å²) in [4.78, 5) is 12.4. The van der Waals surface area contributed by atoms with Crippen LogP contribution in [0.1, 0.15) is 213 Å². The molecule has 0 rings (SSSR count). The summed E-state index contributed by atoms with van der Waals surface area (Å²) in [6.45, 7) is 4.13. The van der Waals surface area contributed by atoms with Gasteiger partial charge >= 0.3 is 0 Å². The molecule has 3 unspecified atom stereocenters. The maximum absolute atomic E-state index is 12.4. The van der Waals surface area contributed by atoms with Crippen molar-refractivity contribution in [2.45, 2.75) is 231 Å². The van der Waals surface area contributed by atoms with Gasteiger partial charge in [0.15, 0.2) is 0 Å². The largest absolute Gasteiger partial charge is 0.394 e. The average molecular weight is 716 g/mol. The minimum absolute atomic E-state index is 0.168. The Morgan fingerprint density at radius 1 is 0.490 bits per heavy atom. The van der Waals surface area contributed by atoms with E-state index in [0.29, 0.717) is 12.8 Å². The lowest BCUT2D eigenvalue weighted by Crippen LogP contribution is -2.50. The van der Waals surface area contributed by atoms with E-state index < -0.39 is 18.2 Å². The van der Waals surface area contributed by atoms with Crippen LogP contribution in [0.5, 0.6) is 0 Å². The predicted molar refractivity (Wildman–Crippen MR) is 222 cm³/mol. The molecule has 0 aromatic rings. The van der Waals surface area contributed by atoms with Crippen LogP contribution in [0.25, 0.3) is 0 Å². The number of unbranched alkanes of at least 4 members (excludes halogenated alkanes) is 23. The van der Waals surface area contributed by atoms with Gasteiger partial charge in [-0.3, -0.25) is 4.79 Å². The molecule has 0 aliphatic carbocycles. The number of allylic oxidation sites excluding steroid dienone is 8. The molecule has 51 heavy (non-hydrogen) atoms. The Bertz CT molecular complexity index is 835. The summed E-state index contributed by atoms with van der Waals surface area (Å²) >= 11 is 0. The Hall–Kier alpha value is -1.69. The highest BCUT2D eigenvalue weighted by Gasteiger charge is 2.26. The van der Waals surface area contributed by atoms with Crippen LogP contribution >= 0.6 is 0 Å². The number of aliphatic hydroxyl groups is 3. The van der Waals surface area contributed by atoms with Gasteiger partial charge in [-0.2, -0.15) is 0 Å². The summed E-state index contributed by atoms with van der Waals surface area (Å²) < 4.78 is 0. The quantitative estimate of drug-likeness (QED) is 0.0377. The van der Waals surface area contributed by atoms with Crippen molar-refractivity contribution in [2.24, 2.45) is 0 Å². The molecule has 0 heterocycles. The summed E-state index contributed by atoms with van der Waals surface area (Å²) in [6.07, 6.45) is 52.1. The van der Waals surface area contributed by atoms with Crippen molar-refractivity contribution in [2.75, 3.05) is 6.61 Å². The third-order valence-corrected chi connectivity index (χ3v) is 9.88. The third kappa shape index (κ3) is 36.5. The van der Waals surface area contributed by atoms with Crippen LogP contribution in [0.15, 0.2) is 48.6 Å². The number of carbonyl (C=O) groups is 1. The van der Waals surface area contributed by atoms with Crippen LogP contribution in [0.3, 0.4) is 0 Å². The van der Waals surface area contributed by atoms with Crippen LogP contribution < -0.4 is 5.32 Å². The molecule has 0 radical (unpaired) electrons. The Morgan fingerprint density at radius 3 is 1.35 bits per heavy atom. The van der Waals surface area contributed by atoms with E-state index in [2.05, 4.69) is 67.8 Å². The first-order valence-corrected chi connectivity index (χ1v) is 21.9. The van der Waals surface area contributed by atoms with Crippen LogP contribution in [0.2, 0.25) is 0 Å². The molecule has 0 spiro atoms. The van der Waals surface area contributed by atoms with E-state index >= 15 is 0 Å². The molecule has 4 N–H and O–H groups in total. The number of aliphatic hydroxyl groups excluding tert-OH is 3. The van der Waals surface area contributed by atoms with Gasteiger partial charge in [-0.25, -0.2) is 0 Å². The Balaban J connectivity index is 3.73. The van der Waals surface area contributed by atoms with Crippen molar-refractivity contribution in [3.05, 3.63) is 48.6 Å². The number of nitrogens with one attached hydrogen (secondary N) is 1. The van der Waals surface area contributed by atoms with Gasteiger partial charge in [0.1, 0.15) is 6.10 Å². The highest BCUT2D eigenvalue weighted by molar-refractivity contribution is 5.76.